The van der Waals surface area contributed by atoms with E-state index >= 15 is 0 Å². The molecular formula is C22H29N3O2. The van der Waals surface area contributed by atoms with E-state index in [0.29, 0.717) is 11.5 Å². The van der Waals surface area contributed by atoms with Gasteiger partial charge < -0.3 is 14.5 Å². The van der Waals surface area contributed by atoms with Gasteiger partial charge in [-0.05, 0) is 55.5 Å². The molecule has 1 aromatic carbocycles. The Kier molecular flexibility index (Phi) is 6.82. The number of aromatic nitrogens is 1. The highest BCUT2D eigenvalue weighted by atomic mass is 16.5. The van der Waals surface area contributed by atoms with E-state index in [9.17, 15) is 4.79 Å². The minimum absolute atomic E-state index is 0.0727. The summed E-state index contributed by atoms with van der Waals surface area (Å²) in [5.74, 6) is 1.56. The van der Waals surface area contributed by atoms with Gasteiger partial charge >= 0.3 is 0 Å². The lowest BCUT2D eigenvalue weighted by atomic mass is 9.96. The monoisotopic (exact) mass is 367 g/mol. The van der Waals surface area contributed by atoms with E-state index in [0.717, 1.165) is 38.3 Å². The van der Waals surface area contributed by atoms with Gasteiger partial charge in [0.1, 0.15) is 5.75 Å². The van der Waals surface area contributed by atoms with Crippen LogP contribution in [0.3, 0.4) is 0 Å². The van der Waals surface area contributed by atoms with Crippen LogP contribution in [0.2, 0.25) is 0 Å². The SMILES string of the molecule is COc1ccccc1CCN1CCC[C@H](CN(C)C(=O)c2ccncc2)C1. The number of hydrogen-bond acceptors (Lipinski definition) is 4. The number of methoxy groups -OCH3 is 1. The van der Waals surface area contributed by atoms with Crippen LogP contribution in [0.5, 0.6) is 5.75 Å². The maximum Gasteiger partial charge on any atom is 0.253 e. The molecule has 1 aliphatic rings. The molecule has 0 aliphatic carbocycles. The van der Waals surface area contributed by atoms with E-state index in [1.807, 2.05) is 24.1 Å². The first-order valence-corrected chi connectivity index (χ1v) is 9.67. The van der Waals surface area contributed by atoms with Gasteiger partial charge in [-0.2, -0.15) is 0 Å². The number of hydrogen-bond donors (Lipinski definition) is 0. The summed E-state index contributed by atoms with van der Waals surface area (Å²) >= 11 is 0. The standard InChI is InChI=1S/C22H29N3O2/c1-24(22(26)20-9-12-23-13-10-20)16-18-6-5-14-25(17-18)15-11-19-7-3-4-8-21(19)27-2/h3-4,7-10,12-13,18H,5-6,11,14-17H2,1-2H3/t18-/m1/s1. The van der Waals surface area contributed by atoms with Crippen molar-refractivity contribution >= 4 is 5.91 Å². The van der Waals surface area contributed by atoms with Crippen LogP contribution >= 0.6 is 0 Å². The molecule has 5 nitrogen and oxygen atoms in total. The van der Waals surface area contributed by atoms with Crippen molar-refractivity contribution < 1.29 is 9.53 Å². The number of para-hydroxylation sites is 1. The van der Waals surface area contributed by atoms with Crippen molar-refractivity contribution in [3.63, 3.8) is 0 Å². The van der Waals surface area contributed by atoms with Crippen LogP contribution < -0.4 is 4.74 Å². The molecular weight excluding hydrogens is 338 g/mol. The normalized spacial score (nSPS) is 17.5. The number of nitrogens with zero attached hydrogens (tertiary/aromatic N) is 3. The number of pyridine rings is 1. The summed E-state index contributed by atoms with van der Waals surface area (Å²) < 4.78 is 5.46. The van der Waals surface area contributed by atoms with Crippen molar-refractivity contribution in [2.75, 3.05) is 40.3 Å². The second kappa shape index (κ2) is 9.51. The predicted octanol–water partition coefficient (Wildman–Crippen LogP) is 3.12. The van der Waals surface area contributed by atoms with Gasteiger partial charge in [-0.1, -0.05) is 18.2 Å². The van der Waals surface area contributed by atoms with E-state index in [1.54, 1.807) is 31.6 Å². The molecule has 1 atom stereocenters. The minimum atomic E-state index is 0.0727. The number of carbonyl (C=O) groups excluding carboxylic acids is 1. The molecule has 3 rings (SSSR count). The molecule has 144 valence electrons. The lowest BCUT2D eigenvalue weighted by Crippen LogP contribution is -2.42. The van der Waals surface area contributed by atoms with Gasteiger partial charge in [0.05, 0.1) is 7.11 Å². The van der Waals surface area contributed by atoms with Crippen LogP contribution in [0.4, 0.5) is 0 Å². The lowest BCUT2D eigenvalue weighted by molar-refractivity contribution is 0.0730. The predicted molar refractivity (Wildman–Crippen MR) is 107 cm³/mol. The van der Waals surface area contributed by atoms with E-state index in [2.05, 4.69) is 22.0 Å². The van der Waals surface area contributed by atoms with Crippen molar-refractivity contribution in [2.24, 2.45) is 5.92 Å². The van der Waals surface area contributed by atoms with Crippen molar-refractivity contribution in [3.05, 3.63) is 59.9 Å². The van der Waals surface area contributed by atoms with Crippen molar-refractivity contribution in [2.45, 2.75) is 19.3 Å². The molecule has 0 unspecified atom stereocenters. The van der Waals surface area contributed by atoms with Crippen LogP contribution in [0.15, 0.2) is 48.8 Å². The molecule has 0 N–H and O–H groups in total. The van der Waals surface area contributed by atoms with Crippen LogP contribution in [0.1, 0.15) is 28.8 Å². The Balaban J connectivity index is 1.51. The Morgan fingerprint density at radius 3 is 2.81 bits per heavy atom. The van der Waals surface area contributed by atoms with E-state index in [4.69, 9.17) is 4.74 Å². The quantitative estimate of drug-likeness (QED) is 0.754. The maximum atomic E-state index is 12.6. The number of carbonyl (C=O) groups is 1. The Hall–Kier alpha value is -2.40. The summed E-state index contributed by atoms with van der Waals surface area (Å²) in [7, 11) is 3.63. The fourth-order valence-corrected chi connectivity index (χ4v) is 3.88. The molecule has 1 fully saturated rings. The Bertz CT molecular complexity index is 735. The molecule has 0 spiro atoms. The van der Waals surface area contributed by atoms with Crippen LogP contribution in [-0.4, -0.2) is 61.0 Å². The molecule has 1 saturated heterocycles. The first-order valence-electron chi connectivity index (χ1n) is 9.67. The van der Waals surface area contributed by atoms with Crippen LogP contribution in [0, 0.1) is 5.92 Å². The molecule has 0 radical (unpaired) electrons. The summed E-state index contributed by atoms with van der Waals surface area (Å²) in [6, 6.07) is 11.8. The molecule has 5 heteroatoms. The average molecular weight is 367 g/mol. The fourth-order valence-electron chi connectivity index (χ4n) is 3.88. The van der Waals surface area contributed by atoms with E-state index in [-0.39, 0.29) is 5.91 Å². The summed E-state index contributed by atoms with van der Waals surface area (Å²) in [6.45, 7) is 4.00. The Labute approximate surface area is 162 Å². The van der Waals surface area contributed by atoms with Gasteiger partial charge in [0.2, 0.25) is 0 Å². The van der Waals surface area contributed by atoms with Crippen LogP contribution in [-0.2, 0) is 6.42 Å². The topological polar surface area (TPSA) is 45.7 Å². The van der Waals surface area contributed by atoms with Crippen molar-refractivity contribution in [3.8, 4) is 5.75 Å². The smallest absolute Gasteiger partial charge is 0.253 e. The highest BCUT2D eigenvalue weighted by molar-refractivity contribution is 5.93. The zero-order valence-electron chi connectivity index (χ0n) is 16.3. The first-order chi connectivity index (χ1) is 13.2. The molecule has 2 heterocycles. The molecule has 0 bridgehead atoms. The highest BCUT2D eigenvalue weighted by Gasteiger charge is 2.23. The molecule has 2 aromatic rings. The first kappa shape index (κ1) is 19.4. The maximum absolute atomic E-state index is 12.6. The van der Waals surface area contributed by atoms with Gasteiger partial charge in [0.25, 0.3) is 5.91 Å². The van der Waals surface area contributed by atoms with Crippen molar-refractivity contribution in [1.29, 1.82) is 0 Å². The molecule has 27 heavy (non-hydrogen) atoms. The summed E-state index contributed by atoms with van der Waals surface area (Å²) in [5.41, 5.74) is 1.96. The number of likely N-dealkylation sites (tertiary alicyclic amines) is 1. The van der Waals surface area contributed by atoms with Gasteiger partial charge in [0.15, 0.2) is 0 Å². The van der Waals surface area contributed by atoms with Gasteiger partial charge in [-0.3, -0.25) is 9.78 Å². The number of piperidine rings is 1. The number of amides is 1. The third-order valence-corrected chi connectivity index (χ3v) is 5.30. The second-order valence-corrected chi connectivity index (χ2v) is 7.29. The average Bonchev–Trinajstić information content (AvgIpc) is 2.72. The molecule has 1 amide bonds. The third-order valence-electron chi connectivity index (χ3n) is 5.30. The zero-order chi connectivity index (χ0) is 19.1. The Morgan fingerprint density at radius 1 is 1.26 bits per heavy atom. The molecule has 0 saturated carbocycles. The minimum Gasteiger partial charge on any atom is -0.496 e. The van der Waals surface area contributed by atoms with Gasteiger partial charge in [0, 0.05) is 44.6 Å². The number of benzene rings is 1. The summed E-state index contributed by atoms with van der Waals surface area (Å²) in [6.07, 6.45) is 6.69. The zero-order valence-corrected chi connectivity index (χ0v) is 16.3. The van der Waals surface area contributed by atoms with Crippen molar-refractivity contribution in [1.82, 2.24) is 14.8 Å². The van der Waals surface area contributed by atoms with E-state index < -0.39 is 0 Å². The fraction of sp³-hybridized carbons (Fsp3) is 0.455. The summed E-state index contributed by atoms with van der Waals surface area (Å²) in [4.78, 5) is 20.9. The van der Waals surface area contributed by atoms with Gasteiger partial charge in [-0.25, -0.2) is 0 Å². The Morgan fingerprint density at radius 2 is 2.04 bits per heavy atom. The largest absolute Gasteiger partial charge is 0.496 e. The van der Waals surface area contributed by atoms with Gasteiger partial charge in [-0.15, -0.1) is 0 Å². The second-order valence-electron chi connectivity index (χ2n) is 7.29. The third kappa shape index (κ3) is 5.30. The molecule has 1 aromatic heterocycles. The van der Waals surface area contributed by atoms with Crippen LogP contribution in [0.25, 0.3) is 0 Å². The summed E-state index contributed by atoms with van der Waals surface area (Å²) in [5, 5.41) is 0. The highest BCUT2D eigenvalue weighted by Crippen LogP contribution is 2.21. The number of rotatable bonds is 7. The lowest BCUT2D eigenvalue weighted by Gasteiger charge is -2.34. The molecule has 1 aliphatic heterocycles. The van der Waals surface area contributed by atoms with E-state index in [1.165, 1.54) is 18.4 Å². The number of ether oxygens (including phenoxy) is 1.